The number of carbonyl (C=O) groups is 4. The third kappa shape index (κ3) is 3.51. The predicted octanol–water partition coefficient (Wildman–Crippen LogP) is 3.62. The summed E-state index contributed by atoms with van der Waals surface area (Å²) in [6.07, 6.45) is -1.39. The van der Waals surface area contributed by atoms with Crippen LogP contribution in [0.5, 0.6) is 11.5 Å². The lowest BCUT2D eigenvalue weighted by Crippen LogP contribution is -2.49. The van der Waals surface area contributed by atoms with Crippen LogP contribution in [0.3, 0.4) is 0 Å². The highest BCUT2D eigenvalue weighted by molar-refractivity contribution is 6.33. The van der Waals surface area contributed by atoms with Gasteiger partial charge in [-0.15, -0.1) is 0 Å². The highest BCUT2D eigenvalue weighted by Gasteiger charge is 2.37. The quantitative estimate of drug-likeness (QED) is 0.353. The number of benzene rings is 4. The lowest BCUT2D eigenvalue weighted by atomic mass is 10.0. The number of rotatable bonds is 2. The number of phenols is 2. The molecule has 1 aliphatic rings. The van der Waals surface area contributed by atoms with Gasteiger partial charge in [0.2, 0.25) is 23.6 Å². The van der Waals surface area contributed by atoms with Crippen LogP contribution in [-0.4, -0.2) is 33.8 Å². The molecule has 34 heavy (non-hydrogen) atoms. The van der Waals surface area contributed by atoms with Crippen molar-refractivity contribution in [2.75, 3.05) is 9.80 Å². The number of nitrogens with zero attached hydrogens (tertiary/aromatic N) is 2. The van der Waals surface area contributed by atoms with Crippen molar-refractivity contribution in [3.63, 3.8) is 0 Å². The molecule has 1 fully saturated rings. The molecule has 8 nitrogen and oxygen atoms in total. The Kier molecular flexibility index (Phi) is 4.98. The predicted molar refractivity (Wildman–Crippen MR) is 125 cm³/mol. The van der Waals surface area contributed by atoms with Crippen molar-refractivity contribution in [1.82, 2.24) is 0 Å². The molecule has 1 aliphatic heterocycles. The van der Waals surface area contributed by atoms with Crippen LogP contribution in [0.4, 0.5) is 11.4 Å². The van der Waals surface area contributed by atoms with Crippen LogP contribution in [-0.2, 0) is 19.2 Å². The molecule has 0 bridgehead atoms. The molecular formula is C26H18N2O6. The molecule has 8 heteroatoms. The molecule has 1 saturated heterocycles. The van der Waals surface area contributed by atoms with Gasteiger partial charge in [0.15, 0.2) is 0 Å². The van der Waals surface area contributed by atoms with Gasteiger partial charge in [0.1, 0.15) is 24.3 Å². The van der Waals surface area contributed by atoms with Gasteiger partial charge in [0, 0.05) is 10.8 Å². The number of fused-ring (bicyclic) bond motifs is 2. The van der Waals surface area contributed by atoms with E-state index in [1.807, 2.05) is 0 Å². The van der Waals surface area contributed by atoms with E-state index in [0.29, 0.717) is 21.5 Å². The molecule has 168 valence electrons. The number of carbonyl (C=O) groups excluding carboxylic acids is 4. The van der Waals surface area contributed by atoms with Gasteiger partial charge in [0.05, 0.1) is 11.4 Å². The summed E-state index contributed by atoms with van der Waals surface area (Å²) < 4.78 is 0. The van der Waals surface area contributed by atoms with Crippen LogP contribution < -0.4 is 9.80 Å². The molecular weight excluding hydrogens is 436 g/mol. The topological polar surface area (TPSA) is 115 Å². The fraction of sp³-hybridized carbons (Fsp3) is 0.0769. The molecule has 4 amide bonds. The summed E-state index contributed by atoms with van der Waals surface area (Å²) in [4.78, 5) is 54.4. The molecule has 0 radical (unpaired) electrons. The van der Waals surface area contributed by atoms with E-state index in [1.165, 1.54) is 24.3 Å². The van der Waals surface area contributed by atoms with Crippen molar-refractivity contribution in [3.8, 4) is 11.5 Å². The number of amides is 4. The Labute approximate surface area is 193 Å². The Balaban J connectivity index is 1.57. The van der Waals surface area contributed by atoms with E-state index < -0.39 is 36.5 Å². The SMILES string of the molecule is O=C1CC(=O)N(c2cccc3cc(O)ccc23)C(=O)CC(=O)N1c1cccc2cc(O)ccc12. The van der Waals surface area contributed by atoms with Gasteiger partial charge in [-0.1, -0.05) is 24.3 Å². The van der Waals surface area contributed by atoms with E-state index in [4.69, 9.17) is 0 Å². The minimum absolute atomic E-state index is 0.0272. The Morgan fingerprint density at radius 3 is 1.29 bits per heavy atom. The molecule has 2 N–H and O–H groups in total. The van der Waals surface area contributed by atoms with Gasteiger partial charge in [0.25, 0.3) is 0 Å². The zero-order chi connectivity index (χ0) is 24.0. The van der Waals surface area contributed by atoms with Crippen LogP contribution >= 0.6 is 0 Å². The smallest absolute Gasteiger partial charge is 0.243 e. The number of phenolic OH excluding ortho intramolecular Hbond substituents is 2. The van der Waals surface area contributed by atoms with E-state index in [9.17, 15) is 29.4 Å². The van der Waals surface area contributed by atoms with E-state index in [1.54, 1.807) is 48.5 Å². The lowest BCUT2D eigenvalue weighted by Gasteiger charge is -2.29. The van der Waals surface area contributed by atoms with Gasteiger partial charge in [-0.3, -0.25) is 19.2 Å². The largest absolute Gasteiger partial charge is 0.508 e. The highest BCUT2D eigenvalue weighted by atomic mass is 16.3. The number of imide groups is 2. The van der Waals surface area contributed by atoms with E-state index in [2.05, 4.69) is 0 Å². The molecule has 0 aromatic heterocycles. The summed E-state index contributed by atoms with van der Waals surface area (Å²) >= 11 is 0. The molecule has 0 unspecified atom stereocenters. The average Bonchev–Trinajstić information content (AvgIpc) is 2.78. The second-order valence-electron chi connectivity index (χ2n) is 7.96. The Hall–Kier alpha value is -4.72. The highest BCUT2D eigenvalue weighted by Crippen LogP contribution is 2.34. The first-order valence-electron chi connectivity index (χ1n) is 10.5. The second kappa shape index (κ2) is 8.00. The molecule has 4 aromatic rings. The Morgan fingerprint density at radius 2 is 0.912 bits per heavy atom. The van der Waals surface area contributed by atoms with Crippen LogP contribution in [0.25, 0.3) is 21.5 Å². The molecule has 1 heterocycles. The monoisotopic (exact) mass is 454 g/mol. The number of aromatic hydroxyl groups is 2. The normalized spacial score (nSPS) is 15.2. The van der Waals surface area contributed by atoms with Crippen LogP contribution in [0, 0.1) is 0 Å². The summed E-state index contributed by atoms with van der Waals surface area (Å²) in [6, 6.07) is 18.8. The summed E-state index contributed by atoms with van der Waals surface area (Å²) in [6.45, 7) is 0. The summed E-state index contributed by atoms with van der Waals surface area (Å²) in [5, 5.41) is 21.8. The first-order chi connectivity index (χ1) is 16.3. The van der Waals surface area contributed by atoms with Gasteiger partial charge in [-0.2, -0.15) is 0 Å². The maximum Gasteiger partial charge on any atom is 0.243 e. The van der Waals surface area contributed by atoms with E-state index in [-0.39, 0.29) is 22.9 Å². The fourth-order valence-corrected chi connectivity index (χ4v) is 4.29. The lowest BCUT2D eigenvalue weighted by molar-refractivity contribution is -0.134. The molecule has 0 atom stereocenters. The Bertz CT molecular complexity index is 1380. The molecule has 5 rings (SSSR count). The number of anilines is 2. The fourth-order valence-electron chi connectivity index (χ4n) is 4.29. The van der Waals surface area contributed by atoms with Crippen LogP contribution in [0.1, 0.15) is 12.8 Å². The van der Waals surface area contributed by atoms with Crippen LogP contribution in [0.15, 0.2) is 72.8 Å². The van der Waals surface area contributed by atoms with Crippen molar-refractivity contribution in [2.45, 2.75) is 12.8 Å². The summed E-state index contributed by atoms with van der Waals surface area (Å²) in [5.74, 6) is -2.98. The van der Waals surface area contributed by atoms with Crippen molar-refractivity contribution in [3.05, 3.63) is 72.8 Å². The zero-order valence-corrected chi connectivity index (χ0v) is 17.8. The van der Waals surface area contributed by atoms with E-state index in [0.717, 1.165) is 9.80 Å². The number of hydrogen-bond acceptors (Lipinski definition) is 6. The molecule has 0 saturated carbocycles. The minimum Gasteiger partial charge on any atom is -0.508 e. The molecule has 0 spiro atoms. The number of hydrogen-bond donors (Lipinski definition) is 2. The third-order valence-corrected chi connectivity index (χ3v) is 5.77. The zero-order valence-electron chi connectivity index (χ0n) is 17.8. The maximum atomic E-state index is 13.2. The van der Waals surface area contributed by atoms with Crippen molar-refractivity contribution < 1.29 is 29.4 Å². The van der Waals surface area contributed by atoms with E-state index >= 15 is 0 Å². The maximum absolute atomic E-state index is 13.2. The minimum atomic E-state index is -0.758. The summed E-state index contributed by atoms with van der Waals surface area (Å²) in [5.41, 5.74) is 0.476. The summed E-state index contributed by atoms with van der Waals surface area (Å²) in [7, 11) is 0. The average molecular weight is 454 g/mol. The molecule has 0 aliphatic carbocycles. The van der Waals surface area contributed by atoms with Gasteiger partial charge >= 0.3 is 0 Å². The standard InChI is InChI=1S/C26H18N2O6/c29-17-7-9-19-15(11-17)3-1-5-21(19)27-23(31)13-25(33)28(26(34)14-24(27)32)22-6-2-4-16-12-18(30)8-10-20(16)22/h1-12,29-30H,13-14H2. The third-order valence-electron chi connectivity index (χ3n) is 5.77. The van der Waals surface area contributed by atoms with Gasteiger partial charge < -0.3 is 10.2 Å². The Morgan fingerprint density at radius 1 is 0.529 bits per heavy atom. The van der Waals surface area contributed by atoms with Gasteiger partial charge in [-0.25, -0.2) is 9.80 Å². The van der Waals surface area contributed by atoms with Crippen molar-refractivity contribution in [2.24, 2.45) is 0 Å². The van der Waals surface area contributed by atoms with Gasteiger partial charge in [-0.05, 0) is 59.3 Å². The first-order valence-corrected chi connectivity index (χ1v) is 10.5. The van der Waals surface area contributed by atoms with Crippen LogP contribution in [0.2, 0.25) is 0 Å². The van der Waals surface area contributed by atoms with Crippen molar-refractivity contribution >= 4 is 56.5 Å². The second-order valence-corrected chi connectivity index (χ2v) is 7.96. The van der Waals surface area contributed by atoms with Crippen molar-refractivity contribution in [1.29, 1.82) is 0 Å². The molecule has 4 aromatic carbocycles. The first kappa shape index (κ1) is 21.1.